The molecule has 3 aromatic rings. The van der Waals surface area contributed by atoms with Gasteiger partial charge in [-0.1, -0.05) is 67.6 Å². The molecule has 3 rings (SSSR count). The maximum Gasteiger partial charge on any atom is 0.408 e. The summed E-state index contributed by atoms with van der Waals surface area (Å²) in [5.74, 6) is -1.64. The number of hydrogen-bond acceptors (Lipinski definition) is 7. The van der Waals surface area contributed by atoms with Crippen LogP contribution in [0.3, 0.4) is 0 Å². The summed E-state index contributed by atoms with van der Waals surface area (Å²) in [5, 5.41) is 15.7. The van der Waals surface area contributed by atoms with Crippen molar-refractivity contribution < 1.29 is 33.8 Å². The SMILES string of the molecule is CCC(C)(C)N(C(=O)C(Cc1ccc(O)cc1)NC(=O)OC(C)(C)C)C(C(=O)NC(Cc1ccccc1)C(=O)OC(C)(C)C)c1c(C)cccc1C. The maximum atomic E-state index is 15.2. The second kappa shape index (κ2) is 17.1. The number of carbonyl (C=O) groups excluding carboxylic acids is 4. The molecule has 3 N–H and O–H groups in total. The van der Waals surface area contributed by atoms with Crippen LogP contribution in [0.25, 0.3) is 0 Å². The van der Waals surface area contributed by atoms with E-state index in [1.807, 2.05) is 83.1 Å². The van der Waals surface area contributed by atoms with E-state index in [1.54, 1.807) is 53.7 Å². The molecule has 282 valence electrons. The van der Waals surface area contributed by atoms with E-state index >= 15 is 9.59 Å². The molecule has 0 aliphatic heterocycles. The van der Waals surface area contributed by atoms with Gasteiger partial charge in [0.15, 0.2) is 0 Å². The Kier molecular flexibility index (Phi) is 13.7. The van der Waals surface area contributed by atoms with Crippen molar-refractivity contribution in [1.82, 2.24) is 15.5 Å². The van der Waals surface area contributed by atoms with Gasteiger partial charge in [0.25, 0.3) is 0 Å². The third kappa shape index (κ3) is 11.9. The zero-order valence-electron chi connectivity index (χ0n) is 32.6. The highest BCUT2D eigenvalue weighted by Gasteiger charge is 2.45. The van der Waals surface area contributed by atoms with Crippen molar-refractivity contribution in [1.29, 1.82) is 0 Å². The van der Waals surface area contributed by atoms with E-state index in [1.165, 1.54) is 17.0 Å². The molecule has 3 atom stereocenters. The smallest absolute Gasteiger partial charge is 0.408 e. The Bertz CT molecular complexity index is 1670. The topological polar surface area (TPSA) is 134 Å². The van der Waals surface area contributed by atoms with Gasteiger partial charge >= 0.3 is 12.1 Å². The van der Waals surface area contributed by atoms with E-state index in [0.717, 1.165) is 16.7 Å². The molecule has 10 heteroatoms. The molecule has 0 radical (unpaired) electrons. The number of amides is 3. The van der Waals surface area contributed by atoms with E-state index in [9.17, 15) is 14.7 Å². The zero-order chi connectivity index (χ0) is 39.0. The summed E-state index contributed by atoms with van der Waals surface area (Å²) in [5.41, 5.74) is 1.06. The summed E-state index contributed by atoms with van der Waals surface area (Å²) >= 11 is 0. The second-order valence-electron chi connectivity index (χ2n) is 15.9. The van der Waals surface area contributed by atoms with Crippen LogP contribution >= 0.6 is 0 Å². The molecule has 3 aromatic carbocycles. The molecule has 0 spiro atoms. The summed E-state index contributed by atoms with van der Waals surface area (Å²) in [4.78, 5) is 58.7. The van der Waals surface area contributed by atoms with Gasteiger partial charge in [-0.2, -0.15) is 0 Å². The fraction of sp³-hybridized carbons (Fsp3) is 0.476. The lowest BCUT2D eigenvalue weighted by Crippen LogP contribution is -2.61. The highest BCUT2D eigenvalue weighted by molar-refractivity contribution is 5.95. The number of nitrogens with one attached hydrogen (secondary N) is 2. The molecule has 0 saturated carbocycles. The van der Waals surface area contributed by atoms with E-state index in [0.29, 0.717) is 17.5 Å². The zero-order valence-corrected chi connectivity index (χ0v) is 32.6. The Balaban J connectivity index is 2.23. The minimum atomic E-state index is -1.22. The molecule has 10 nitrogen and oxygen atoms in total. The fourth-order valence-corrected chi connectivity index (χ4v) is 5.93. The van der Waals surface area contributed by atoms with Gasteiger partial charge < -0.3 is 30.1 Å². The average molecular weight is 716 g/mol. The maximum absolute atomic E-state index is 15.2. The number of ether oxygens (including phenoxy) is 2. The van der Waals surface area contributed by atoms with Crippen LogP contribution < -0.4 is 10.6 Å². The normalized spacial score (nSPS) is 13.7. The van der Waals surface area contributed by atoms with Gasteiger partial charge in [0.05, 0.1) is 0 Å². The van der Waals surface area contributed by atoms with Gasteiger partial charge in [0.2, 0.25) is 11.8 Å². The van der Waals surface area contributed by atoms with Gasteiger partial charge in [-0.15, -0.1) is 0 Å². The van der Waals surface area contributed by atoms with E-state index in [4.69, 9.17) is 9.47 Å². The fourth-order valence-electron chi connectivity index (χ4n) is 5.93. The van der Waals surface area contributed by atoms with Crippen LogP contribution in [-0.4, -0.2) is 62.7 Å². The number of rotatable bonds is 13. The van der Waals surface area contributed by atoms with Gasteiger partial charge in [0, 0.05) is 18.4 Å². The Hall–Kier alpha value is -4.86. The van der Waals surface area contributed by atoms with Crippen LogP contribution in [-0.2, 0) is 36.7 Å². The lowest BCUT2D eigenvalue weighted by Gasteiger charge is -2.45. The summed E-state index contributed by atoms with van der Waals surface area (Å²) in [6.07, 6.45) is -0.134. The molecule has 0 bridgehead atoms. The number of hydrogen-bond donors (Lipinski definition) is 3. The molecule has 0 saturated heterocycles. The first kappa shape index (κ1) is 41.6. The van der Waals surface area contributed by atoms with Crippen LogP contribution in [0.1, 0.15) is 103 Å². The molecular formula is C42H57N3O7. The number of esters is 1. The number of carbonyl (C=O) groups is 4. The predicted molar refractivity (Wildman–Crippen MR) is 203 cm³/mol. The van der Waals surface area contributed by atoms with E-state index in [2.05, 4.69) is 10.6 Å². The number of alkyl carbamates (subject to hydrolysis) is 1. The molecular weight excluding hydrogens is 658 g/mol. The lowest BCUT2D eigenvalue weighted by molar-refractivity contribution is -0.159. The third-order valence-corrected chi connectivity index (χ3v) is 8.73. The van der Waals surface area contributed by atoms with Crippen LogP contribution in [0.5, 0.6) is 5.75 Å². The third-order valence-electron chi connectivity index (χ3n) is 8.73. The molecule has 0 aromatic heterocycles. The minimum absolute atomic E-state index is 0.0459. The number of aryl methyl sites for hydroxylation is 2. The second-order valence-corrected chi connectivity index (χ2v) is 15.9. The number of phenolic OH excluding ortho intramolecular Hbond substituents is 1. The summed E-state index contributed by atoms with van der Waals surface area (Å²) < 4.78 is 11.4. The van der Waals surface area contributed by atoms with Crippen LogP contribution in [0, 0.1) is 13.8 Å². The largest absolute Gasteiger partial charge is 0.508 e. The molecule has 3 amide bonds. The number of aromatic hydroxyl groups is 1. The summed E-state index contributed by atoms with van der Waals surface area (Å²) in [6, 6.07) is 17.9. The summed E-state index contributed by atoms with van der Waals surface area (Å²) in [7, 11) is 0. The number of nitrogens with zero attached hydrogens (tertiary/aromatic N) is 1. The van der Waals surface area contributed by atoms with E-state index < -0.39 is 58.7 Å². The van der Waals surface area contributed by atoms with Crippen molar-refractivity contribution in [3.05, 3.63) is 101 Å². The molecule has 0 fully saturated rings. The standard InChI is InChI=1S/C42H57N3O7/c1-12-42(10,11)45(37(48)32(44-39(50)52-41(7,8)9)25-30-21-23-31(46)24-22-30)35(34-27(2)17-16-18-28(34)3)36(47)43-33(38(49)51-40(4,5)6)26-29-19-14-13-15-20-29/h13-24,32-33,35,46H,12,25-26H2,1-11H3,(H,43,47)(H,44,50). The van der Waals surface area contributed by atoms with Crippen molar-refractivity contribution in [3.8, 4) is 5.75 Å². The van der Waals surface area contributed by atoms with Crippen molar-refractivity contribution in [2.24, 2.45) is 0 Å². The Morgan fingerprint density at radius 3 is 1.73 bits per heavy atom. The number of benzene rings is 3. The van der Waals surface area contributed by atoms with Crippen molar-refractivity contribution in [3.63, 3.8) is 0 Å². The first-order chi connectivity index (χ1) is 24.1. The predicted octanol–water partition coefficient (Wildman–Crippen LogP) is 7.27. The van der Waals surface area contributed by atoms with Crippen LogP contribution in [0.2, 0.25) is 0 Å². The minimum Gasteiger partial charge on any atom is -0.508 e. The van der Waals surface area contributed by atoms with E-state index in [-0.39, 0.29) is 18.6 Å². The van der Waals surface area contributed by atoms with Gasteiger partial charge in [0.1, 0.15) is 35.1 Å². The Labute approximate surface area is 309 Å². The monoisotopic (exact) mass is 715 g/mol. The molecule has 0 heterocycles. The van der Waals surface area contributed by atoms with Gasteiger partial charge in [-0.25, -0.2) is 9.59 Å². The molecule has 3 unspecified atom stereocenters. The van der Waals surface area contributed by atoms with Crippen LogP contribution in [0.4, 0.5) is 4.79 Å². The first-order valence-electron chi connectivity index (χ1n) is 17.9. The van der Waals surface area contributed by atoms with Crippen molar-refractivity contribution >= 4 is 23.9 Å². The molecule has 0 aliphatic carbocycles. The highest BCUT2D eigenvalue weighted by Crippen LogP contribution is 2.36. The van der Waals surface area contributed by atoms with Crippen molar-refractivity contribution in [2.75, 3.05) is 0 Å². The Morgan fingerprint density at radius 1 is 0.692 bits per heavy atom. The highest BCUT2D eigenvalue weighted by atomic mass is 16.6. The first-order valence-corrected chi connectivity index (χ1v) is 17.9. The quantitative estimate of drug-likeness (QED) is 0.159. The van der Waals surface area contributed by atoms with Gasteiger partial charge in [-0.05, 0) is 116 Å². The molecule has 52 heavy (non-hydrogen) atoms. The van der Waals surface area contributed by atoms with Gasteiger partial charge in [-0.3, -0.25) is 9.59 Å². The molecule has 0 aliphatic rings. The Morgan fingerprint density at radius 2 is 1.21 bits per heavy atom. The summed E-state index contributed by atoms with van der Waals surface area (Å²) in [6.45, 7) is 19.9. The van der Waals surface area contributed by atoms with Crippen molar-refractivity contribution in [2.45, 2.75) is 130 Å². The lowest BCUT2D eigenvalue weighted by atomic mass is 9.87. The average Bonchev–Trinajstić information content (AvgIpc) is 3.03. The number of phenols is 1. The van der Waals surface area contributed by atoms with Crippen LogP contribution in [0.15, 0.2) is 72.8 Å².